The lowest BCUT2D eigenvalue weighted by molar-refractivity contribution is -0.384. The molecule has 122 valence electrons. The average Bonchev–Trinajstić information content (AvgIpc) is 2.48. The molecule has 1 unspecified atom stereocenters. The van der Waals surface area contributed by atoms with Crippen molar-refractivity contribution in [3.8, 4) is 5.75 Å². The first-order valence-corrected chi connectivity index (χ1v) is 6.39. The Morgan fingerprint density at radius 3 is 2.14 bits per heavy atom. The lowest BCUT2D eigenvalue weighted by Crippen LogP contribution is -2.20. The second-order valence-corrected chi connectivity index (χ2v) is 4.35. The van der Waals surface area contributed by atoms with Gasteiger partial charge in [-0.25, -0.2) is 0 Å². The molecule has 1 atom stereocenters. The number of hydrogen-bond acceptors (Lipinski definition) is 7. The molecule has 0 saturated heterocycles. The molecule has 0 heterocycles. The number of nitro benzene ring substituents is 1. The maximum absolute atomic E-state index is 10.8. The van der Waals surface area contributed by atoms with Crippen LogP contribution >= 0.6 is 0 Å². The van der Waals surface area contributed by atoms with E-state index in [0.717, 1.165) is 0 Å². The van der Waals surface area contributed by atoms with Crippen molar-refractivity contribution < 1.29 is 28.7 Å². The van der Waals surface area contributed by atoms with Gasteiger partial charge in [0.25, 0.3) is 12.2 Å². The Hall–Kier alpha value is -2.64. The lowest BCUT2D eigenvalue weighted by Gasteiger charge is -2.11. The summed E-state index contributed by atoms with van der Waals surface area (Å²) in [5.74, 6) is 0.0441. The van der Waals surface area contributed by atoms with Gasteiger partial charge in [0.2, 0.25) is 6.29 Å². The summed E-state index contributed by atoms with van der Waals surface area (Å²) in [5.41, 5.74) is 0.0748. The van der Waals surface area contributed by atoms with Crippen LogP contribution in [-0.4, -0.2) is 30.8 Å². The van der Waals surface area contributed by atoms with E-state index in [9.17, 15) is 19.7 Å². The highest BCUT2D eigenvalue weighted by atomic mass is 16.7. The van der Waals surface area contributed by atoms with Crippen LogP contribution in [0.3, 0.4) is 0 Å². The number of esters is 1. The number of non-ortho nitro benzene ring substituents is 1. The molecule has 0 N–H and O–H groups in total. The molecular formula is C14H19NO7. The highest BCUT2D eigenvalue weighted by molar-refractivity contribution is 5.71. The standard InChI is InChI=1S/C7H7NO3.C7H12O4/c1-11-7-4-2-6(3-5-7)8(9)10;1-5(2)7(9)11-6(3)10-4-8/h2-5H,1H3;4-6H,1-3H3. The molecule has 1 rings (SSSR count). The molecule has 0 aliphatic heterocycles. The van der Waals surface area contributed by atoms with Gasteiger partial charge in [0.1, 0.15) is 5.75 Å². The van der Waals surface area contributed by atoms with E-state index < -0.39 is 11.2 Å². The third-order valence-corrected chi connectivity index (χ3v) is 2.28. The zero-order chi connectivity index (χ0) is 17.1. The molecule has 0 fully saturated rings. The highest BCUT2D eigenvalue weighted by Crippen LogP contribution is 2.16. The van der Waals surface area contributed by atoms with E-state index in [0.29, 0.717) is 5.75 Å². The Bertz CT molecular complexity index is 484. The van der Waals surface area contributed by atoms with Gasteiger partial charge in [0, 0.05) is 19.1 Å². The van der Waals surface area contributed by atoms with Crippen molar-refractivity contribution in [1.82, 2.24) is 0 Å². The first kappa shape index (κ1) is 19.4. The number of ether oxygens (including phenoxy) is 3. The predicted octanol–water partition coefficient (Wildman–Crippen LogP) is 2.31. The topological polar surface area (TPSA) is 105 Å². The number of rotatable bonds is 6. The quantitative estimate of drug-likeness (QED) is 0.261. The summed E-state index contributed by atoms with van der Waals surface area (Å²) in [6, 6.07) is 5.91. The number of carbonyl (C=O) groups excluding carboxylic acids is 2. The first-order chi connectivity index (χ1) is 10.3. The molecule has 0 spiro atoms. The van der Waals surface area contributed by atoms with Gasteiger partial charge >= 0.3 is 5.97 Å². The molecule has 0 aromatic heterocycles. The Balaban J connectivity index is 0.000000401. The minimum absolute atomic E-state index is 0.0748. The predicted molar refractivity (Wildman–Crippen MR) is 77.2 cm³/mol. The molecule has 0 radical (unpaired) electrons. The van der Waals surface area contributed by atoms with Gasteiger partial charge in [-0.05, 0) is 12.1 Å². The number of methoxy groups -OCH3 is 1. The molecule has 1 aromatic rings. The van der Waals surface area contributed by atoms with E-state index in [2.05, 4.69) is 9.47 Å². The zero-order valence-corrected chi connectivity index (χ0v) is 12.8. The van der Waals surface area contributed by atoms with Crippen LogP contribution < -0.4 is 4.74 Å². The van der Waals surface area contributed by atoms with Crippen molar-refractivity contribution in [3.63, 3.8) is 0 Å². The lowest BCUT2D eigenvalue weighted by atomic mass is 10.2. The maximum Gasteiger partial charge on any atom is 0.311 e. The maximum atomic E-state index is 10.8. The van der Waals surface area contributed by atoms with E-state index in [4.69, 9.17) is 4.74 Å². The van der Waals surface area contributed by atoms with Crippen LogP contribution in [0, 0.1) is 16.0 Å². The van der Waals surface area contributed by atoms with Crippen molar-refractivity contribution in [2.24, 2.45) is 5.92 Å². The van der Waals surface area contributed by atoms with Crippen LogP contribution in [0.15, 0.2) is 24.3 Å². The van der Waals surface area contributed by atoms with Crippen LogP contribution in [-0.2, 0) is 19.1 Å². The number of hydrogen-bond donors (Lipinski definition) is 0. The molecule has 22 heavy (non-hydrogen) atoms. The summed E-state index contributed by atoms with van der Waals surface area (Å²) < 4.78 is 13.8. The normalized spacial score (nSPS) is 10.8. The van der Waals surface area contributed by atoms with Gasteiger partial charge in [-0.3, -0.25) is 19.7 Å². The van der Waals surface area contributed by atoms with Crippen molar-refractivity contribution in [1.29, 1.82) is 0 Å². The summed E-state index contributed by atoms with van der Waals surface area (Å²) in [7, 11) is 1.52. The number of nitrogens with zero attached hydrogens (tertiary/aromatic N) is 1. The average molecular weight is 313 g/mol. The minimum atomic E-state index is -0.789. The van der Waals surface area contributed by atoms with Crippen LogP contribution in [0.2, 0.25) is 0 Å². The van der Waals surface area contributed by atoms with Crippen molar-refractivity contribution in [2.45, 2.75) is 27.1 Å². The van der Waals surface area contributed by atoms with E-state index in [-0.39, 0.29) is 24.0 Å². The molecule has 0 amide bonds. The first-order valence-electron chi connectivity index (χ1n) is 6.39. The SMILES string of the molecule is CC(OC=O)OC(=O)C(C)C.COc1ccc([N+](=O)[O-])cc1. The van der Waals surface area contributed by atoms with Crippen LogP contribution in [0.1, 0.15) is 20.8 Å². The summed E-state index contributed by atoms with van der Waals surface area (Å²) in [6.45, 7) is 5.14. The largest absolute Gasteiger partial charge is 0.497 e. The zero-order valence-electron chi connectivity index (χ0n) is 12.8. The van der Waals surface area contributed by atoms with E-state index in [1.165, 1.54) is 26.2 Å². The molecule has 8 nitrogen and oxygen atoms in total. The van der Waals surface area contributed by atoms with E-state index in [1.54, 1.807) is 26.0 Å². The molecule has 0 bridgehead atoms. The van der Waals surface area contributed by atoms with Crippen LogP contribution in [0.5, 0.6) is 5.75 Å². The second-order valence-electron chi connectivity index (χ2n) is 4.35. The van der Waals surface area contributed by atoms with Gasteiger partial charge in [0.05, 0.1) is 18.0 Å². The minimum Gasteiger partial charge on any atom is -0.497 e. The van der Waals surface area contributed by atoms with Crippen molar-refractivity contribution in [3.05, 3.63) is 34.4 Å². The van der Waals surface area contributed by atoms with Gasteiger partial charge < -0.3 is 14.2 Å². The highest BCUT2D eigenvalue weighted by Gasteiger charge is 2.12. The molecule has 0 aliphatic rings. The van der Waals surface area contributed by atoms with Gasteiger partial charge in [0.15, 0.2) is 0 Å². The smallest absolute Gasteiger partial charge is 0.311 e. The third kappa shape index (κ3) is 7.83. The fourth-order valence-corrected chi connectivity index (χ4v) is 1.11. The monoisotopic (exact) mass is 313 g/mol. The van der Waals surface area contributed by atoms with Gasteiger partial charge in [-0.15, -0.1) is 0 Å². The van der Waals surface area contributed by atoms with Crippen molar-refractivity contribution >= 4 is 18.1 Å². The summed E-state index contributed by atoms with van der Waals surface area (Å²) in [5, 5.41) is 10.2. The summed E-state index contributed by atoms with van der Waals surface area (Å²) in [6.07, 6.45) is -0.789. The Morgan fingerprint density at radius 2 is 1.77 bits per heavy atom. The molecule has 0 saturated carbocycles. The number of nitro groups is 1. The van der Waals surface area contributed by atoms with Crippen LogP contribution in [0.25, 0.3) is 0 Å². The molecule has 1 aromatic carbocycles. The van der Waals surface area contributed by atoms with Crippen molar-refractivity contribution in [2.75, 3.05) is 7.11 Å². The second kappa shape index (κ2) is 10.1. The van der Waals surface area contributed by atoms with Gasteiger partial charge in [-0.1, -0.05) is 13.8 Å². The fourth-order valence-electron chi connectivity index (χ4n) is 1.11. The van der Waals surface area contributed by atoms with Gasteiger partial charge in [-0.2, -0.15) is 0 Å². The summed E-state index contributed by atoms with van der Waals surface area (Å²) in [4.78, 5) is 30.3. The Kier molecular flexibility index (Phi) is 8.92. The van der Waals surface area contributed by atoms with Crippen LogP contribution in [0.4, 0.5) is 5.69 Å². The Morgan fingerprint density at radius 1 is 1.23 bits per heavy atom. The summed E-state index contributed by atoms with van der Waals surface area (Å²) >= 11 is 0. The van der Waals surface area contributed by atoms with E-state index in [1.807, 2.05) is 0 Å². The molecule has 8 heteroatoms. The molecular weight excluding hydrogens is 294 g/mol. The number of benzene rings is 1. The molecule has 0 aliphatic carbocycles. The fraction of sp³-hybridized carbons (Fsp3) is 0.429. The van der Waals surface area contributed by atoms with E-state index >= 15 is 0 Å². The third-order valence-electron chi connectivity index (χ3n) is 2.28. The Labute approximate surface area is 128 Å². The number of carbonyl (C=O) groups is 2.